The van der Waals surface area contributed by atoms with Crippen molar-refractivity contribution in [3.8, 4) is 0 Å². The van der Waals surface area contributed by atoms with Crippen LogP contribution in [0.1, 0.15) is 32.6 Å². The van der Waals surface area contributed by atoms with Gasteiger partial charge in [-0.3, -0.25) is 9.79 Å². The van der Waals surface area contributed by atoms with Crippen molar-refractivity contribution >= 4 is 41.7 Å². The number of nitrogens with one attached hydrogen (secondary N) is 2. The van der Waals surface area contributed by atoms with E-state index < -0.39 is 0 Å². The molecule has 9 heteroatoms. The maximum Gasteiger partial charge on any atom is 0.224 e. The second-order valence-electron chi connectivity index (χ2n) is 7.05. The number of aromatic nitrogens is 1. The number of piperazine rings is 1. The number of nitrogens with zero attached hydrogens (tertiary/aromatic N) is 4. The van der Waals surface area contributed by atoms with Gasteiger partial charge in [0.25, 0.3) is 0 Å². The molecule has 2 N–H and O–H groups in total. The molecule has 8 nitrogen and oxygen atoms in total. The number of pyridine rings is 1. The first-order chi connectivity index (χ1) is 14.2. The first kappa shape index (κ1) is 26.4. The van der Waals surface area contributed by atoms with Crippen molar-refractivity contribution in [1.82, 2.24) is 20.5 Å². The van der Waals surface area contributed by atoms with E-state index in [1.807, 2.05) is 23.1 Å². The first-order valence-electron chi connectivity index (χ1n) is 10.7. The van der Waals surface area contributed by atoms with Crippen molar-refractivity contribution < 1.29 is 9.53 Å². The zero-order valence-electron chi connectivity index (χ0n) is 18.3. The highest BCUT2D eigenvalue weighted by Gasteiger charge is 2.21. The van der Waals surface area contributed by atoms with Crippen LogP contribution in [0.4, 0.5) is 5.82 Å². The Morgan fingerprint density at radius 2 is 1.87 bits per heavy atom. The Balaban J connectivity index is 0.00000450. The zero-order valence-corrected chi connectivity index (χ0v) is 20.6. The lowest BCUT2D eigenvalue weighted by Crippen LogP contribution is -2.49. The molecule has 1 fully saturated rings. The molecule has 1 aromatic rings. The van der Waals surface area contributed by atoms with Crippen LogP contribution < -0.4 is 15.5 Å². The molecular weight excluding hydrogens is 495 g/mol. The second-order valence-corrected chi connectivity index (χ2v) is 7.05. The normalized spacial score (nSPS) is 14.3. The monoisotopic (exact) mass is 532 g/mol. The lowest BCUT2D eigenvalue weighted by atomic mass is 10.2. The summed E-state index contributed by atoms with van der Waals surface area (Å²) in [7, 11) is 1.74. The van der Waals surface area contributed by atoms with E-state index in [0.29, 0.717) is 13.0 Å². The van der Waals surface area contributed by atoms with Crippen molar-refractivity contribution in [2.45, 2.75) is 32.6 Å². The predicted molar refractivity (Wildman–Crippen MR) is 133 cm³/mol. The Kier molecular flexibility index (Phi) is 14.2. The van der Waals surface area contributed by atoms with Gasteiger partial charge in [0, 0.05) is 72.1 Å². The molecule has 0 aliphatic carbocycles. The zero-order chi connectivity index (χ0) is 20.7. The van der Waals surface area contributed by atoms with Crippen LogP contribution in [0.2, 0.25) is 0 Å². The summed E-state index contributed by atoms with van der Waals surface area (Å²) in [5, 5.41) is 6.47. The average molecular weight is 532 g/mol. The van der Waals surface area contributed by atoms with Crippen LogP contribution in [0.25, 0.3) is 0 Å². The van der Waals surface area contributed by atoms with Crippen LogP contribution in [-0.4, -0.2) is 81.3 Å². The molecule has 1 saturated heterocycles. The topological polar surface area (TPSA) is 82.1 Å². The molecule has 1 aliphatic rings. The standard InChI is InChI=1S/C21H36N6O2.HI/c1-3-4-17-29-18-7-11-24-21(22-2)25-12-9-20(28)27-15-13-26(14-16-27)19-8-5-6-10-23-19;/h5-6,8,10H,3-4,7,9,11-18H2,1-2H3,(H2,22,24,25);1H. The minimum atomic E-state index is 0. The summed E-state index contributed by atoms with van der Waals surface area (Å²) in [5.41, 5.74) is 0. The molecule has 0 unspecified atom stereocenters. The van der Waals surface area contributed by atoms with E-state index in [1.54, 1.807) is 13.2 Å². The fourth-order valence-electron chi connectivity index (χ4n) is 3.12. The van der Waals surface area contributed by atoms with Crippen molar-refractivity contribution in [3.63, 3.8) is 0 Å². The smallest absolute Gasteiger partial charge is 0.224 e. The SMILES string of the molecule is CCCCOCCCNC(=NC)NCCC(=O)N1CCN(c2ccccn2)CC1.I. The molecule has 0 aromatic carbocycles. The van der Waals surface area contributed by atoms with Gasteiger partial charge in [0.05, 0.1) is 0 Å². The summed E-state index contributed by atoms with van der Waals surface area (Å²) >= 11 is 0. The summed E-state index contributed by atoms with van der Waals surface area (Å²) in [6.45, 7) is 8.24. The van der Waals surface area contributed by atoms with Crippen molar-refractivity contribution in [3.05, 3.63) is 24.4 Å². The molecule has 1 amide bonds. The number of unbranched alkanes of at least 4 members (excludes halogenated alkanes) is 1. The number of hydrogen-bond donors (Lipinski definition) is 2. The molecule has 1 aliphatic heterocycles. The van der Waals surface area contributed by atoms with E-state index in [0.717, 1.165) is 77.0 Å². The lowest BCUT2D eigenvalue weighted by molar-refractivity contribution is -0.131. The third-order valence-corrected chi connectivity index (χ3v) is 4.86. The minimum Gasteiger partial charge on any atom is -0.381 e. The Labute approximate surface area is 197 Å². The van der Waals surface area contributed by atoms with E-state index in [4.69, 9.17) is 4.74 Å². The van der Waals surface area contributed by atoms with Gasteiger partial charge in [0.1, 0.15) is 5.82 Å². The van der Waals surface area contributed by atoms with Crippen LogP contribution in [0.5, 0.6) is 0 Å². The summed E-state index contributed by atoms with van der Waals surface area (Å²) in [4.78, 5) is 25.2. The highest BCUT2D eigenvalue weighted by Crippen LogP contribution is 2.12. The number of amides is 1. The van der Waals surface area contributed by atoms with Gasteiger partial charge >= 0.3 is 0 Å². The molecule has 0 bridgehead atoms. The van der Waals surface area contributed by atoms with E-state index in [1.165, 1.54) is 0 Å². The Morgan fingerprint density at radius 1 is 1.13 bits per heavy atom. The molecule has 0 saturated carbocycles. The number of aliphatic imine (C=N–C) groups is 1. The van der Waals surface area contributed by atoms with Crippen molar-refractivity contribution in [2.24, 2.45) is 4.99 Å². The molecule has 2 heterocycles. The molecule has 2 rings (SSSR count). The fraction of sp³-hybridized carbons (Fsp3) is 0.667. The van der Waals surface area contributed by atoms with Crippen LogP contribution in [0.3, 0.4) is 0 Å². The summed E-state index contributed by atoms with van der Waals surface area (Å²) in [6, 6.07) is 5.92. The molecule has 0 atom stereocenters. The number of carbonyl (C=O) groups excluding carboxylic acids is 1. The number of halogens is 1. The number of ether oxygens (including phenoxy) is 1. The summed E-state index contributed by atoms with van der Waals surface area (Å²) in [6.07, 6.45) is 5.48. The van der Waals surface area contributed by atoms with Crippen molar-refractivity contribution in [2.75, 3.05) is 64.4 Å². The van der Waals surface area contributed by atoms with E-state index in [9.17, 15) is 4.79 Å². The van der Waals surface area contributed by atoms with Crippen LogP contribution in [-0.2, 0) is 9.53 Å². The number of carbonyl (C=O) groups is 1. The second kappa shape index (κ2) is 16.1. The van der Waals surface area contributed by atoms with Gasteiger partial charge in [-0.2, -0.15) is 0 Å². The summed E-state index contributed by atoms with van der Waals surface area (Å²) < 4.78 is 5.55. The van der Waals surface area contributed by atoms with E-state index in [-0.39, 0.29) is 29.9 Å². The Morgan fingerprint density at radius 3 is 2.53 bits per heavy atom. The lowest BCUT2D eigenvalue weighted by Gasteiger charge is -2.35. The molecule has 1 aromatic heterocycles. The molecule has 30 heavy (non-hydrogen) atoms. The van der Waals surface area contributed by atoms with Gasteiger partial charge in [0.2, 0.25) is 5.91 Å². The van der Waals surface area contributed by atoms with Gasteiger partial charge in [-0.1, -0.05) is 19.4 Å². The maximum atomic E-state index is 12.5. The van der Waals surface area contributed by atoms with Gasteiger partial charge in [-0.05, 0) is 25.0 Å². The molecule has 0 radical (unpaired) electrons. The van der Waals surface area contributed by atoms with Crippen molar-refractivity contribution in [1.29, 1.82) is 0 Å². The van der Waals surface area contributed by atoms with E-state index in [2.05, 4.69) is 32.4 Å². The molecule has 0 spiro atoms. The van der Waals surface area contributed by atoms with E-state index >= 15 is 0 Å². The van der Waals surface area contributed by atoms with Gasteiger partial charge in [-0.15, -0.1) is 24.0 Å². The number of guanidine groups is 1. The van der Waals surface area contributed by atoms with Crippen LogP contribution in [0, 0.1) is 0 Å². The van der Waals surface area contributed by atoms with Crippen LogP contribution in [0.15, 0.2) is 29.4 Å². The average Bonchev–Trinajstić information content (AvgIpc) is 2.77. The number of rotatable bonds is 11. The number of anilines is 1. The quantitative estimate of drug-likeness (QED) is 0.197. The van der Waals surface area contributed by atoms with Gasteiger partial charge in [-0.25, -0.2) is 4.98 Å². The summed E-state index contributed by atoms with van der Waals surface area (Å²) in [5.74, 6) is 1.89. The predicted octanol–water partition coefficient (Wildman–Crippen LogP) is 2.11. The van der Waals surface area contributed by atoms with Gasteiger partial charge < -0.3 is 25.2 Å². The molecular formula is C21H37IN6O2. The minimum absolute atomic E-state index is 0. The molecule has 170 valence electrons. The third kappa shape index (κ3) is 9.92. The third-order valence-electron chi connectivity index (χ3n) is 4.86. The van der Waals surface area contributed by atoms with Crippen LogP contribution >= 0.6 is 24.0 Å². The maximum absolute atomic E-state index is 12.5. The largest absolute Gasteiger partial charge is 0.381 e. The first-order valence-corrected chi connectivity index (χ1v) is 10.7. The Hall–Kier alpha value is -1.62. The Bertz CT molecular complexity index is 609. The fourth-order valence-corrected chi connectivity index (χ4v) is 3.12. The number of hydrogen-bond acceptors (Lipinski definition) is 5. The highest BCUT2D eigenvalue weighted by atomic mass is 127. The van der Waals surface area contributed by atoms with Gasteiger partial charge in [0.15, 0.2) is 5.96 Å². The highest BCUT2D eigenvalue weighted by molar-refractivity contribution is 14.0.